The van der Waals surface area contributed by atoms with Gasteiger partial charge in [-0.2, -0.15) is 0 Å². The normalized spacial score (nSPS) is 47.4. The minimum Gasteiger partial charge on any atom is -0.393 e. The van der Waals surface area contributed by atoms with Crippen LogP contribution < -0.4 is 0 Å². The van der Waals surface area contributed by atoms with E-state index in [1.54, 1.807) is 0 Å². The standard InChI is InChI=1S/C27H48O2/c1-18-13-20(24(28)22(15-18)26(3)9-5-6-10-26)17-21-14-19(2)16-23(25(21)29)27(4)11-7-8-12-27/h18-25,28-29H,5-17H2,1-4H3. The van der Waals surface area contributed by atoms with Crippen molar-refractivity contribution in [1.29, 1.82) is 0 Å². The molecule has 2 nitrogen and oxygen atoms in total. The van der Waals surface area contributed by atoms with Crippen LogP contribution in [0.5, 0.6) is 0 Å². The lowest BCUT2D eigenvalue weighted by Crippen LogP contribution is -2.48. The first-order chi connectivity index (χ1) is 13.7. The molecule has 0 aromatic rings. The number of hydrogen-bond acceptors (Lipinski definition) is 2. The Morgan fingerprint density at radius 1 is 0.621 bits per heavy atom. The molecule has 4 aliphatic rings. The van der Waals surface area contributed by atoms with Crippen LogP contribution >= 0.6 is 0 Å². The monoisotopic (exact) mass is 404 g/mol. The molecular formula is C27H48O2. The molecule has 0 aromatic heterocycles. The molecule has 2 N–H and O–H groups in total. The van der Waals surface area contributed by atoms with E-state index in [1.165, 1.54) is 64.2 Å². The third-order valence-corrected chi connectivity index (χ3v) is 10.4. The summed E-state index contributed by atoms with van der Waals surface area (Å²) in [5.41, 5.74) is 0.704. The molecule has 8 atom stereocenters. The van der Waals surface area contributed by atoms with Gasteiger partial charge >= 0.3 is 0 Å². The predicted octanol–water partition coefficient (Wildman–Crippen LogP) is 6.58. The molecule has 0 amide bonds. The van der Waals surface area contributed by atoms with Gasteiger partial charge in [-0.05, 0) is 104 Å². The van der Waals surface area contributed by atoms with E-state index < -0.39 is 0 Å². The SMILES string of the molecule is CC1CC(CC2CC(C)CC(C3(C)CCCC3)C2O)C(O)C(C2(C)CCCC2)C1. The average Bonchev–Trinajstić information content (AvgIpc) is 3.30. The summed E-state index contributed by atoms with van der Waals surface area (Å²) < 4.78 is 0. The average molecular weight is 405 g/mol. The van der Waals surface area contributed by atoms with Crippen LogP contribution in [0.4, 0.5) is 0 Å². The lowest BCUT2D eigenvalue weighted by atomic mass is 9.58. The van der Waals surface area contributed by atoms with Crippen LogP contribution in [0.2, 0.25) is 0 Å². The van der Waals surface area contributed by atoms with Crippen LogP contribution in [0.1, 0.15) is 111 Å². The topological polar surface area (TPSA) is 40.5 Å². The zero-order valence-electron chi connectivity index (χ0n) is 19.7. The van der Waals surface area contributed by atoms with Crippen LogP contribution in [-0.4, -0.2) is 22.4 Å². The highest BCUT2D eigenvalue weighted by Gasteiger charge is 2.50. The molecule has 29 heavy (non-hydrogen) atoms. The quantitative estimate of drug-likeness (QED) is 0.555. The Labute approximate surface area is 180 Å². The molecule has 0 radical (unpaired) electrons. The second-order valence-corrected chi connectivity index (χ2v) is 12.8. The lowest BCUT2D eigenvalue weighted by molar-refractivity contribution is -0.0932. The first-order valence-electron chi connectivity index (χ1n) is 13.1. The first kappa shape index (κ1) is 22.1. The van der Waals surface area contributed by atoms with Gasteiger partial charge in [-0.3, -0.25) is 0 Å². The second kappa shape index (κ2) is 8.45. The number of hydrogen-bond donors (Lipinski definition) is 2. The zero-order chi connectivity index (χ0) is 20.8. The summed E-state index contributed by atoms with van der Waals surface area (Å²) in [6, 6.07) is 0. The molecule has 4 rings (SSSR count). The van der Waals surface area contributed by atoms with Crippen molar-refractivity contribution in [2.24, 2.45) is 46.3 Å². The maximum absolute atomic E-state index is 11.5. The minimum atomic E-state index is -0.153. The molecule has 0 aromatic carbocycles. The van der Waals surface area contributed by atoms with E-state index in [1.807, 2.05) is 0 Å². The molecule has 4 saturated carbocycles. The molecule has 0 bridgehead atoms. The van der Waals surface area contributed by atoms with E-state index in [9.17, 15) is 10.2 Å². The summed E-state index contributed by atoms with van der Waals surface area (Å²) in [4.78, 5) is 0. The molecule has 2 heteroatoms. The van der Waals surface area contributed by atoms with E-state index in [0.717, 1.165) is 19.3 Å². The Bertz CT molecular complexity index is 497. The van der Waals surface area contributed by atoms with Gasteiger partial charge in [0.15, 0.2) is 0 Å². The van der Waals surface area contributed by atoms with Gasteiger partial charge in [-0.25, -0.2) is 0 Å². The molecule has 4 aliphatic carbocycles. The summed E-state index contributed by atoms with van der Waals surface area (Å²) in [7, 11) is 0. The molecule has 4 fully saturated rings. The van der Waals surface area contributed by atoms with Gasteiger partial charge in [-0.1, -0.05) is 53.4 Å². The van der Waals surface area contributed by atoms with Gasteiger partial charge in [0.1, 0.15) is 0 Å². The van der Waals surface area contributed by atoms with Gasteiger partial charge in [-0.15, -0.1) is 0 Å². The van der Waals surface area contributed by atoms with Crippen LogP contribution in [0.25, 0.3) is 0 Å². The zero-order valence-corrected chi connectivity index (χ0v) is 19.7. The molecule has 0 saturated heterocycles. The number of rotatable bonds is 4. The Hall–Kier alpha value is -0.0800. The summed E-state index contributed by atoms with van der Waals surface area (Å²) in [6.45, 7) is 9.73. The molecule has 0 aliphatic heterocycles. The molecule has 168 valence electrons. The summed E-state index contributed by atoms with van der Waals surface area (Å²) in [5.74, 6) is 3.16. The van der Waals surface area contributed by atoms with Crippen molar-refractivity contribution in [2.45, 2.75) is 123 Å². The van der Waals surface area contributed by atoms with Gasteiger partial charge in [0.05, 0.1) is 12.2 Å². The van der Waals surface area contributed by atoms with E-state index in [-0.39, 0.29) is 12.2 Å². The smallest absolute Gasteiger partial charge is 0.0602 e. The van der Waals surface area contributed by atoms with Gasteiger partial charge in [0.25, 0.3) is 0 Å². The summed E-state index contributed by atoms with van der Waals surface area (Å²) >= 11 is 0. The summed E-state index contributed by atoms with van der Waals surface area (Å²) in [5, 5.41) is 23.0. The Balaban J connectivity index is 1.47. The fraction of sp³-hybridized carbons (Fsp3) is 1.00. The van der Waals surface area contributed by atoms with Crippen LogP contribution in [0.15, 0.2) is 0 Å². The third-order valence-electron chi connectivity index (χ3n) is 10.4. The third kappa shape index (κ3) is 4.32. The lowest BCUT2D eigenvalue weighted by Gasteiger charge is -2.50. The second-order valence-electron chi connectivity index (χ2n) is 12.8. The number of aliphatic hydroxyl groups excluding tert-OH is 2. The highest BCUT2D eigenvalue weighted by atomic mass is 16.3. The molecule has 8 unspecified atom stereocenters. The van der Waals surface area contributed by atoms with Crippen LogP contribution in [0.3, 0.4) is 0 Å². The molecular weight excluding hydrogens is 356 g/mol. The van der Waals surface area contributed by atoms with Crippen molar-refractivity contribution in [3.8, 4) is 0 Å². The molecule has 0 heterocycles. The minimum absolute atomic E-state index is 0.153. The molecule has 0 spiro atoms. The van der Waals surface area contributed by atoms with Crippen molar-refractivity contribution in [3.05, 3.63) is 0 Å². The maximum Gasteiger partial charge on any atom is 0.0602 e. The first-order valence-corrected chi connectivity index (χ1v) is 13.1. The Morgan fingerprint density at radius 2 is 0.966 bits per heavy atom. The van der Waals surface area contributed by atoms with E-state index in [2.05, 4.69) is 27.7 Å². The highest BCUT2D eigenvalue weighted by Crippen LogP contribution is 2.55. The van der Waals surface area contributed by atoms with E-state index in [4.69, 9.17) is 0 Å². The van der Waals surface area contributed by atoms with E-state index >= 15 is 0 Å². The fourth-order valence-corrected chi connectivity index (χ4v) is 8.67. The Kier molecular flexibility index (Phi) is 6.45. The van der Waals surface area contributed by atoms with E-state index in [0.29, 0.717) is 46.3 Å². The van der Waals surface area contributed by atoms with Gasteiger partial charge < -0.3 is 10.2 Å². The summed E-state index contributed by atoms with van der Waals surface area (Å²) in [6.07, 6.45) is 16.1. The van der Waals surface area contributed by atoms with Crippen LogP contribution in [0, 0.1) is 46.3 Å². The Morgan fingerprint density at radius 3 is 1.31 bits per heavy atom. The predicted molar refractivity (Wildman–Crippen MR) is 121 cm³/mol. The van der Waals surface area contributed by atoms with Crippen molar-refractivity contribution in [3.63, 3.8) is 0 Å². The van der Waals surface area contributed by atoms with Gasteiger partial charge in [0.2, 0.25) is 0 Å². The van der Waals surface area contributed by atoms with Crippen LogP contribution in [-0.2, 0) is 0 Å². The fourth-order valence-electron chi connectivity index (χ4n) is 8.67. The van der Waals surface area contributed by atoms with Crippen molar-refractivity contribution < 1.29 is 10.2 Å². The largest absolute Gasteiger partial charge is 0.393 e. The number of aliphatic hydroxyl groups is 2. The van der Waals surface area contributed by atoms with Gasteiger partial charge in [0, 0.05) is 0 Å². The van der Waals surface area contributed by atoms with Crippen molar-refractivity contribution in [1.82, 2.24) is 0 Å². The van der Waals surface area contributed by atoms with Crippen molar-refractivity contribution >= 4 is 0 Å². The maximum atomic E-state index is 11.5. The highest BCUT2D eigenvalue weighted by molar-refractivity contribution is 5.00. The van der Waals surface area contributed by atoms with Crippen molar-refractivity contribution in [2.75, 3.05) is 0 Å².